The van der Waals surface area contributed by atoms with Gasteiger partial charge in [0, 0.05) is 17.3 Å². The first-order valence-electron chi connectivity index (χ1n) is 7.46. The quantitative estimate of drug-likeness (QED) is 0.776. The van der Waals surface area contributed by atoms with Gasteiger partial charge in [0.2, 0.25) is 10.0 Å². The predicted octanol–water partition coefficient (Wildman–Crippen LogP) is 3.06. The summed E-state index contributed by atoms with van der Waals surface area (Å²) in [6.07, 6.45) is 0. The molecule has 0 unspecified atom stereocenters. The Labute approximate surface area is 153 Å². The second-order valence-corrected chi connectivity index (χ2v) is 9.32. The van der Waals surface area contributed by atoms with E-state index in [0.29, 0.717) is 16.1 Å². The number of hydrogen-bond donors (Lipinski definition) is 2. The summed E-state index contributed by atoms with van der Waals surface area (Å²) in [5, 5.41) is 0.495. The molecule has 0 aliphatic heterocycles. The first-order valence-corrected chi connectivity index (χ1v) is 10.8. The second-order valence-electron chi connectivity index (χ2n) is 5.50. The normalized spacial score (nSPS) is 12.2. The molecule has 0 saturated carbocycles. The molecule has 0 aromatic heterocycles. The van der Waals surface area contributed by atoms with E-state index in [1.807, 2.05) is 0 Å². The molecule has 9 heteroatoms. The largest absolute Gasteiger partial charge is 0.280 e. The summed E-state index contributed by atoms with van der Waals surface area (Å²) in [5.41, 5.74) is 1.44. The maximum atomic E-state index is 12.6. The lowest BCUT2D eigenvalue weighted by Crippen LogP contribution is -2.23. The Kier molecular flexibility index (Phi) is 5.78. The Morgan fingerprint density at radius 2 is 1.52 bits per heavy atom. The number of sulfonamides is 2. The van der Waals surface area contributed by atoms with Crippen LogP contribution < -0.4 is 9.44 Å². The highest BCUT2D eigenvalue weighted by atomic mass is 35.5. The van der Waals surface area contributed by atoms with Gasteiger partial charge in [-0.05, 0) is 61.4 Å². The summed E-state index contributed by atoms with van der Waals surface area (Å²) in [7, 11) is -7.40. The number of hydrogen-bond acceptors (Lipinski definition) is 4. The first kappa shape index (κ1) is 19.7. The van der Waals surface area contributed by atoms with Gasteiger partial charge in [-0.15, -0.1) is 0 Å². The van der Waals surface area contributed by atoms with Crippen molar-refractivity contribution in [3.05, 3.63) is 52.5 Å². The van der Waals surface area contributed by atoms with E-state index < -0.39 is 20.0 Å². The van der Waals surface area contributed by atoms with E-state index >= 15 is 0 Å². The Morgan fingerprint density at radius 3 is 2.08 bits per heavy atom. The van der Waals surface area contributed by atoms with Crippen molar-refractivity contribution in [2.45, 2.75) is 30.6 Å². The van der Waals surface area contributed by atoms with E-state index in [2.05, 4.69) is 9.44 Å². The second kappa shape index (κ2) is 7.33. The predicted molar refractivity (Wildman–Crippen MR) is 99.0 cm³/mol. The molecule has 0 radical (unpaired) electrons. The van der Waals surface area contributed by atoms with Crippen molar-refractivity contribution in [1.29, 1.82) is 0 Å². The fraction of sp³-hybridized carbons (Fsp3) is 0.250. The first-order chi connectivity index (χ1) is 11.6. The van der Waals surface area contributed by atoms with Gasteiger partial charge >= 0.3 is 0 Å². The standard InChI is InChI=1S/C16H19ClN2O4S2/c1-4-18-24(20,21)14-7-5-13(6-8-14)19-25(22,23)16-10-11(2)15(17)9-12(16)3/h5-10,18-19H,4H2,1-3H3. The van der Waals surface area contributed by atoms with Crippen LogP contribution in [0.1, 0.15) is 18.1 Å². The molecular weight excluding hydrogens is 384 g/mol. The topological polar surface area (TPSA) is 92.3 Å². The highest BCUT2D eigenvalue weighted by Crippen LogP contribution is 2.26. The number of anilines is 1. The van der Waals surface area contributed by atoms with Crippen LogP contribution in [0.3, 0.4) is 0 Å². The van der Waals surface area contributed by atoms with Crippen molar-refractivity contribution < 1.29 is 16.8 Å². The van der Waals surface area contributed by atoms with Gasteiger partial charge in [-0.2, -0.15) is 0 Å². The van der Waals surface area contributed by atoms with Gasteiger partial charge in [-0.25, -0.2) is 21.6 Å². The molecule has 0 amide bonds. The molecule has 0 aliphatic rings. The molecule has 0 heterocycles. The van der Waals surface area contributed by atoms with Crippen LogP contribution in [-0.2, 0) is 20.0 Å². The molecule has 2 aromatic carbocycles. The molecule has 0 saturated heterocycles. The zero-order valence-corrected chi connectivity index (χ0v) is 16.4. The molecular formula is C16H19ClN2O4S2. The summed E-state index contributed by atoms with van der Waals surface area (Å²) in [4.78, 5) is 0.189. The van der Waals surface area contributed by atoms with Gasteiger partial charge in [0.1, 0.15) is 0 Å². The van der Waals surface area contributed by atoms with Crippen LogP contribution in [-0.4, -0.2) is 23.4 Å². The fourth-order valence-corrected chi connectivity index (χ4v) is 4.86. The van der Waals surface area contributed by atoms with Gasteiger partial charge in [-0.3, -0.25) is 4.72 Å². The molecule has 0 bridgehead atoms. The van der Waals surface area contributed by atoms with E-state index in [1.165, 1.54) is 30.3 Å². The third-order valence-corrected chi connectivity index (χ3v) is 6.99. The Bertz CT molecular complexity index is 986. The summed E-state index contributed by atoms with van der Waals surface area (Å²) >= 11 is 6.00. The third-order valence-electron chi connectivity index (χ3n) is 3.50. The highest BCUT2D eigenvalue weighted by Gasteiger charge is 2.19. The average molecular weight is 403 g/mol. The van der Waals surface area contributed by atoms with Gasteiger partial charge in [0.25, 0.3) is 10.0 Å². The minimum atomic E-state index is -3.82. The number of benzene rings is 2. The van der Waals surface area contributed by atoms with Crippen LogP contribution in [0.5, 0.6) is 0 Å². The minimum absolute atomic E-state index is 0.0656. The smallest absolute Gasteiger partial charge is 0.262 e. The Morgan fingerprint density at radius 1 is 0.920 bits per heavy atom. The summed E-state index contributed by atoms with van der Waals surface area (Å²) in [6, 6.07) is 8.59. The molecule has 2 rings (SSSR count). The summed E-state index contributed by atoms with van der Waals surface area (Å²) < 4.78 is 53.8. The molecule has 136 valence electrons. The molecule has 0 atom stereocenters. The monoisotopic (exact) mass is 402 g/mol. The van der Waals surface area contributed by atoms with Crippen LogP contribution in [0, 0.1) is 13.8 Å². The SMILES string of the molecule is CCNS(=O)(=O)c1ccc(NS(=O)(=O)c2cc(C)c(Cl)cc2C)cc1. The van der Waals surface area contributed by atoms with Gasteiger partial charge in [0.15, 0.2) is 0 Å². The van der Waals surface area contributed by atoms with E-state index in [-0.39, 0.29) is 22.0 Å². The van der Waals surface area contributed by atoms with Crippen molar-refractivity contribution in [3.63, 3.8) is 0 Å². The number of halogens is 1. The number of nitrogens with one attached hydrogen (secondary N) is 2. The van der Waals surface area contributed by atoms with Crippen molar-refractivity contribution in [1.82, 2.24) is 4.72 Å². The van der Waals surface area contributed by atoms with Crippen LogP contribution in [0.25, 0.3) is 0 Å². The van der Waals surface area contributed by atoms with Crippen LogP contribution in [0.15, 0.2) is 46.2 Å². The lowest BCUT2D eigenvalue weighted by Gasteiger charge is -2.12. The number of rotatable bonds is 6. The lowest BCUT2D eigenvalue weighted by atomic mass is 10.2. The van der Waals surface area contributed by atoms with Crippen molar-refractivity contribution in [2.24, 2.45) is 0 Å². The van der Waals surface area contributed by atoms with Crippen molar-refractivity contribution in [2.75, 3.05) is 11.3 Å². The molecule has 0 aliphatic carbocycles. The molecule has 6 nitrogen and oxygen atoms in total. The van der Waals surface area contributed by atoms with Gasteiger partial charge in [-0.1, -0.05) is 18.5 Å². The fourth-order valence-electron chi connectivity index (χ4n) is 2.23. The molecule has 25 heavy (non-hydrogen) atoms. The molecule has 2 N–H and O–H groups in total. The maximum absolute atomic E-state index is 12.6. The molecule has 0 fully saturated rings. The van der Waals surface area contributed by atoms with Crippen LogP contribution in [0.2, 0.25) is 5.02 Å². The zero-order valence-electron chi connectivity index (χ0n) is 14.0. The molecule has 2 aromatic rings. The highest BCUT2D eigenvalue weighted by molar-refractivity contribution is 7.92. The maximum Gasteiger partial charge on any atom is 0.262 e. The zero-order chi connectivity index (χ0) is 18.8. The third kappa shape index (κ3) is 4.52. The lowest BCUT2D eigenvalue weighted by molar-refractivity contribution is 0.584. The van der Waals surface area contributed by atoms with Crippen LogP contribution >= 0.6 is 11.6 Å². The number of aryl methyl sites for hydroxylation is 2. The average Bonchev–Trinajstić information content (AvgIpc) is 2.51. The Hall–Kier alpha value is -1.61. The summed E-state index contributed by atoms with van der Waals surface area (Å²) in [5.74, 6) is 0. The van der Waals surface area contributed by atoms with Crippen molar-refractivity contribution >= 4 is 37.3 Å². The minimum Gasteiger partial charge on any atom is -0.280 e. The van der Waals surface area contributed by atoms with E-state index in [1.54, 1.807) is 26.8 Å². The van der Waals surface area contributed by atoms with Gasteiger partial charge in [0.05, 0.1) is 9.79 Å². The Balaban J connectivity index is 2.32. The van der Waals surface area contributed by atoms with E-state index in [9.17, 15) is 16.8 Å². The van der Waals surface area contributed by atoms with E-state index in [4.69, 9.17) is 11.6 Å². The van der Waals surface area contributed by atoms with Gasteiger partial charge < -0.3 is 0 Å². The van der Waals surface area contributed by atoms with Crippen LogP contribution in [0.4, 0.5) is 5.69 Å². The van der Waals surface area contributed by atoms with Crippen molar-refractivity contribution in [3.8, 4) is 0 Å². The van der Waals surface area contributed by atoms with E-state index in [0.717, 1.165) is 0 Å². The molecule has 0 spiro atoms. The summed E-state index contributed by atoms with van der Waals surface area (Å²) in [6.45, 7) is 5.33.